The smallest absolute Gasteiger partial charge is 0.313 e. The number of carboxylic acids is 1. The number of aliphatic hydroxyl groups is 1. The first-order chi connectivity index (χ1) is 7.15. The van der Waals surface area contributed by atoms with E-state index in [1.165, 1.54) is 0 Å². The highest BCUT2D eigenvalue weighted by Gasteiger charge is 2.10. The van der Waals surface area contributed by atoms with Gasteiger partial charge in [-0.25, -0.2) is 0 Å². The molecule has 0 amide bonds. The van der Waals surface area contributed by atoms with Crippen molar-refractivity contribution in [2.45, 2.75) is 18.0 Å². The van der Waals surface area contributed by atoms with E-state index in [9.17, 15) is 4.79 Å². The summed E-state index contributed by atoms with van der Waals surface area (Å²) in [6.45, 7) is 0.116. The van der Waals surface area contributed by atoms with Gasteiger partial charge in [0.15, 0.2) is 5.16 Å². The Morgan fingerprint density at radius 2 is 2.27 bits per heavy atom. The Morgan fingerprint density at radius 3 is 2.87 bits per heavy atom. The second-order valence-electron chi connectivity index (χ2n) is 2.97. The van der Waals surface area contributed by atoms with Crippen molar-refractivity contribution in [3.63, 3.8) is 0 Å². The molecule has 0 fully saturated rings. The number of thioether (sulfide) groups is 1. The van der Waals surface area contributed by atoms with Crippen molar-refractivity contribution in [3.8, 4) is 0 Å². The van der Waals surface area contributed by atoms with E-state index in [4.69, 9.17) is 10.2 Å². The maximum Gasteiger partial charge on any atom is 0.313 e. The fraction of sp³-hybridized carbons (Fsp3) is 0.625. The Bertz CT molecular complexity index is 340. The zero-order valence-corrected chi connectivity index (χ0v) is 9.20. The highest BCUT2D eigenvalue weighted by Crippen LogP contribution is 2.15. The number of rotatable bonds is 6. The molecule has 2 N–H and O–H groups in total. The summed E-state index contributed by atoms with van der Waals surface area (Å²) in [6, 6.07) is 0. The Labute approximate surface area is 91.3 Å². The molecule has 0 aliphatic rings. The van der Waals surface area contributed by atoms with Crippen molar-refractivity contribution in [2.24, 2.45) is 7.05 Å². The molecule has 0 aliphatic carbocycles. The van der Waals surface area contributed by atoms with Crippen LogP contribution in [0.1, 0.15) is 12.2 Å². The van der Waals surface area contributed by atoms with Crippen molar-refractivity contribution in [2.75, 3.05) is 12.4 Å². The van der Waals surface area contributed by atoms with Crippen LogP contribution in [0.3, 0.4) is 0 Å². The Kier molecular flexibility index (Phi) is 4.57. The van der Waals surface area contributed by atoms with Crippen LogP contribution in [0.4, 0.5) is 0 Å². The average Bonchev–Trinajstić information content (AvgIpc) is 2.54. The SMILES string of the molecule is Cn1c(CCCO)nnc1SCC(=O)O. The number of aromatic nitrogens is 3. The second-order valence-corrected chi connectivity index (χ2v) is 3.91. The van der Waals surface area contributed by atoms with Gasteiger partial charge in [-0.15, -0.1) is 10.2 Å². The lowest BCUT2D eigenvalue weighted by Crippen LogP contribution is -2.03. The molecular formula is C8H13N3O3S. The number of carboxylic acid groups (broad SMARTS) is 1. The van der Waals surface area contributed by atoms with Gasteiger partial charge in [0.1, 0.15) is 5.82 Å². The maximum atomic E-state index is 10.4. The van der Waals surface area contributed by atoms with Crippen LogP contribution in [0, 0.1) is 0 Å². The summed E-state index contributed by atoms with van der Waals surface area (Å²) >= 11 is 1.14. The van der Waals surface area contributed by atoms with E-state index in [-0.39, 0.29) is 12.4 Å². The minimum Gasteiger partial charge on any atom is -0.481 e. The summed E-state index contributed by atoms with van der Waals surface area (Å²) in [5.41, 5.74) is 0. The lowest BCUT2D eigenvalue weighted by atomic mass is 10.3. The molecule has 84 valence electrons. The first-order valence-corrected chi connectivity index (χ1v) is 5.47. The molecule has 7 heteroatoms. The van der Waals surface area contributed by atoms with Crippen molar-refractivity contribution in [1.29, 1.82) is 0 Å². The summed E-state index contributed by atoms with van der Waals surface area (Å²) < 4.78 is 1.75. The fourth-order valence-corrected chi connectivity index (χ4v) is 1.70. The number of aliphatic hydroxyl groups excluding tert-OH is 1. The van der Waals surface area contributed by atoms with Gasteiger partial charge in [0, 0.05) is 20.1 Å². The van der Waals surface area contributed by atoms with Crippen LogP contribution in [-0.2, 0) is 18.3 Å². The van der Waals surface area contributed by atoms with E-state index in [2.05, 4.69) is 10.2 Å². The van der Waals surface area contributed by atoms with Gasteiger partial charge in [0.05, 0.1) is 5.75 Å². The van der Waals surface area contributed by atoms with Crippen LogP contribution in [0.5, 0.6) is 0 Å². The number of aryl methyl sites for hydroxylation is 1. The molecule has 1 rings (SSSR count). The standard InChI is InChI=1S/C8H13N3O3S/c1-11-6(3-2-4-12)9-10-8(11)15-5-7(13)14/h12H,2-5H2,1H3,(H,13,14). The van der Waals surface area contributed by atoms with E-state index in [1.807, 2.05) is 0 Å². The van der Waals surface area contributed by atoms with E-state index >= 15 is 0 Å². The highest BCUT2D eigenvalue weighted by molar-refractivity contribution is 7.99. The van der Waals surface area contributed by atoms with Crippen LogP contribution < -0.4 is 0 Å². The van der Waals surface area contributed by atoms with Gasteiger partial charge in [0.2, 0.25) is 0 Å². The number of nitrogens with zero attached hydrogens (tertiary/aromatic N) is 3. The van der Waals surface area contributed by atoms with Crippen LogP contribution >= 0.6 is 11.8 Å². The third-order valence-electron chi connectivity index (χ3n) is 1.81. The molecule has 6 nitrogen and oxygen atoms in total. The van der Waals surface area contributed by atoms with Crippen LogP contribution in [-0.4, -0.2) is 43.3 Å². The molecule has 0 bridgehead atoms. The normalized spacial score (nSPS) is 10.5. The van der Waals surface area contributed by atoms with Crippen LogP contribution in [0.2, 0.25) is 0 Å². The second kappa shape index (κ2) is 5.72. The predicted molar refractivity (Wildman–Crippen MR) is 54.8 cm³/mol. The molecule has 0 saturated heterocycles. The molecule has 1 aromatic heterocycles. The largest absolute Gasteiger partial charge is 0.481 e. The van der Waals surface area contributed by atoms with Gasteiger partial charge in [0.25, 0.3) is 0 Å². The lowest BCUT2D eigenvalue weighted by molar-refractivity contribution is -0.133. The maximum absolute atomic E-state index is 10.4. The zero-order valence-electron chi connectivity index (χ0n) is 8.38. The molecule has 1 aromatic rings. The van der Waals surface area contributed by atoms with Crippen molar-refractivity contribution >= 4 is 17.7 Å². The number of hydrogen-bond acceptors (Lipinski definition) is 5. The summed E-state index contributed by atoms with van der Waals surface area (Å²) in [7, 11) is 1.79. The van der Waals surface area contributed by atoms with Gasteiger partial charge >= 0.3 is 5.97 Å². The van der Waals surface area contributed by atoms with Crippen LogP contribution in [0.25, 0.3) is 0 Å². The molecular weight excluding hydrogens is 218 g/mol. The Hall–Kier alpha value is -1.08. The van der Waals surface area contributed by atoms with Crippen molar-refractivity contribution in [3.05, 3.63) is 5.82 Å². The third-order valence-corrected chi connectivity index (χ3v) is 2.81. The average molecular weight is 231 g/mol. The fourth-order valence-electron chi connectivity index (χ4n) is 1.05. The lowest BCUT2D eigenvalue weighted by Gasteiger charge is -2.01. The van der Waals surface area contributed by atoms with Gasteiger partial charge < -0.3 is 14.8 Å². The number of hydrogen-bond donors (Lipinski definition) is 2. The molecule has 0 spiro atoms. The molecule has 15 heavy (non-hydrogen) atoms. The van der Waals surface area contributed by atoms with E-state index in [1.54, 1.807) is 11.6 Å². The molecule has 0 aromatic carbocycles. The monoisotopic (exact) mass is 231 g/mol. The van der Waals surface area contributed by atoms with Gasteiger partial charge in [-0.2, -0.15) is 0 Å². The van der Waals surface area contributed by atoms with E-state index < -0.39 is 5.97 Å². The Morgan fingerprint density at radius 1 is 1.53 bits per heavy atom. The molecule has 1 heterocycles. The molecule has 0 unspecified atom stereocenters. The first kappa shape index (κ1) is 12.0. The van der Waals surface area contributed by atoms with E-state index in [0.29, 0.717) is 18.0 Å². The molecule has 0 aliphatic heterocycles. The summed E-state index contributed by atoms with van der Waals surface area (Å²) in [4.78, 5) is 10.4. The zero-order chi connectivity index (χ0) is 11.3. The molecule has 0 atom stereocenters. The summed E-state index contributed by atoms with van der Waals surface area (Å²) in [6.07, 6.45) is 1.28. The quantitative estimate of drug-likeness (QED) is 0.666. The number of carbonyl (C=O) groups is 1. The van der Waals surface area contributed by atoms with Crippen molar-refractivity contribution < 1.29 is 15.0 Å². The van der Waals surface area contributed by atoms with Crippen LogP contribution in [0.15, 0.2) is 5.16 Å². The third kappa shape index (κ3) is 3.52. The first-order valence-electron chi connectivity index (χ1n) is 4.49. The predicted octanol–water partition coefficient (Wildman–Crippen LogP) is -0.0833. The van der Waals surface area contributed by atoms with Gasteiger partial charge in [-0.1, -0.05) is 11.8 Å². The van der Waals surface area contributed by atoms with E-state index in [0.717, 1.165) is 17.6 Å². The topological polar surface area (TPSA) is 88.2 Å². The summed E-state index contributed by atoms with van der Waals surface area (Å²) in [5.74, 6) is -0.136. The van der Waals surface area contributed by atoms with Crippen molar-refractivity contribution in [1.82, 2.24) is 14.8 Å². The highest BCUT2D eigenvalue weighted by atomic mass is 32.2. The molecule has 0 saturated carbocycles. The minimum absolute atomic E-state index is 0.0219. The number of aliphatic carboxylic acids is 1. The van der Waals surface area contributed by atoms with Gasteiger partial charge in [-0.3, -0.25) is 4.79 Å². The molecule has 0 radical (unpaired) electrons. The Balaban J connectivity index is 2.58. The van der Waals surface area contributed by atoms with Gasteiger partial charge in [-0.05, 0) is 6.42 Å². The minimum atomic E-state index is -0.875. The summed E-state index contributed by atoms with van der Waals surface area (Å²) in [5, 5.41) is 25.5.